The first-order chi connectivity index (χ1) is 33.1. The lowest BCUT2D eigenvalue weighted by molar-refractivity contribution is -0.164. The van der Waals surface area contributed by atoms with Crippen LogP contribution in [0.4, 0.5) is 0 Å². The lowest BCUT2D eigenvalue weighted by Crippen LogP contribution is -2.54. The second-order valence-electron chi connectivity index (χ2n) is 23.7. The molecule has 0 saturated carbocycles. The topological polar surface area (TPSA) is 76.7 Å². The molecule has 2 unspecified atom stereocenters. The number of hydrogen-bond acceptors (Lipinski definition) is 6. The van der Waals surface area contributed by atoms with Gasteiger partial charge in [-0.25, -0.2) is 0 Å². The Morgan fingerprint density at radius 3 is 0.941 bits per heavy atom. The largest absolute Gasteiger partial charge is 0.459 e. The molecule has 0 amide bonds. The van der Waals surface area contributed by atoms with Crippen molar-refractivity contribution in [2.75, 3.05) is 26.2 Å². The molecule has 2 heterocycles. The van der Waals surface area contributed by atoms with Crippen LogP contribution < -0.4 is 10.6 Å². The molecular formula is C62H120N2O4. The third-order valence-electron chi connectivity index (χ3n) is 16.8. The van der Waals surface area contributed by atoms with Crippen molar-refractivity contribution < 1.29 is 19.1 Å². The van der Waals surface area contributed by atoms with Gasteiger partial charge in [-0.2, -0.15) is 0 Å². The lowest BCUT2D eigenvalue weighted by atomic mass is 9.78. The van der Waals surface area contributed by atoms with Gasteiger partial charge in [-0.3, -0.25) is 9.59 Å². The highest BCUT2D eigenvalue weighted by molar-refractivity contribution is 5.70. The van der Waals surface area contributed by atoms with Crippen molar-refractivity contribution in [2.45, 2.75) is 335 Å². The van der Waals surface area contributed by atoms with Crippen molar-refractivity contribution in [2.24, 2.45) is 23.7 Å². The van der Waals surface area contributed by atoms with Gasteiger partial charge >= 0.3 is 11.9 Å². The molecule has 0 aromatic rings. The lowest BCUT2D eigenvalue weighted by Gasteiger charge is -2.40. The van der Waals surface area contributed by atoms with E-state index < -0.39 is 0 Å². The fourth-order valence-electron chi connectivity index (χ4n) is 11.6. The van der Waals surface area contributed by atoms with Crippen LogP contribution in [-0.2, 0) is 19.1 Å². The predicted molar refractivity (Wildman–Crippen MR) is 295 cm³/mol. The predicted octanol–water partition coefficient (Wildman–Crippen LogP) is 18.5. The SMILES string of the molecule is CCCCCCCC(CCCCCCCCCC(=O)OC(C)(C)C1CNC1)C(CCCCCC)CCCCCCCCCCCCCCCCCCCCCCC(=O)OC(C)(C)C1CCNCC1. The Bertz CT molecular complexity index is 1150. The van der Waals surface area contributed by atoms with Gasteiger partial charge in [0.25, 0.3) is 0 Å². The summed E-state index contributed by atoms with van der Waals surface area (Å²) in [7, 11) is 0. The Morgan fingerprint density at radius 1 is 0.382 bits per heavy atom. The Kier molecular flexibility index (Phi) is 39.2. The standard InChI is InChI=1S/C62H120N2O4/c1-7-9-11-32-38-44-56(46-40-34-29-27-31-36-42-48-60(66)68-62(5,6)58-53-64-54-58)55(43-37-12-10-8-2)45-39-33-28-25-23-21-19-17-15-13-14-16-18-20-22-24-26-30-35-41-47-59(65)67-61(3,4)57-49-51-63-52-50-57/h55-58,63-64H,7-54H2,1-6H3. The van der Waals surface area contributed by atoms with Crippen molar-refractivity contribution in [3.8, 4) is 0 Å². The zero-order valence-electron chi connectivity index (χ0n) is 46.9. The molecule has 0 aromatic heterocycles. The van der Waals surface area contributed by atoms with Gasteiger partial charge in [0.2, 0.25) is 0 Å². The maximum atomic E-state index is 12.4. The molecule has 2 aliphatic rings. The molecular weight excluding hydrogens is 837 g/mol. The molecule has 0 spiro atoms. The first kappa shape index (κ1) is 63.0. The maximum absolute atomic E-state index is 12.4. The summed E-state index contributed by atoms with van der Waals surface area (Å²) in [6, 6.07) is 0. The van der Waals surface area contributed by atoms with E-state index in [4.69, 9.17) is 9.47 Å². The second kappa shape index (κ2) is 42.4. The highest BCUT2D eigenvalue weighted by atomic mass is 16.6. The third-order valence-corrected chi connectivity index (χ3v) is 16.8. The molecule has 0 radical (unpaired) electrons. The van der Waals surface area contributed by atoms with Crippen LogP contribution in [0.3, 0.4) is 0 Å². The average molecular weight is 958 g/mol. The number of carbonyl (C=O) groups excluding carboxylic acids is 2. The third kappa shape index (κ3) is 33.5. The van der Waals surface area contributed by atoms with Gasteiger partial charge in [-0.05, 0) is 78.3 Å². The number of ether oxygens (including phenoxy) is 2. The van der Waals surface area contributed by atoms with Crippen molar-refractivity contribution in [1.82, 2.24) is 10.6 Å². The fourth-order valence-corrected chi connectivity index (χ4v) is 11.6. The van der Waals surface area contributed by atoms with Gasteiger partial charge in [0, 0.05) is 37.8 Å². The Balaban J connectivity index is 1.47. The molecule has 6 nitrogen and oxygen atoms in total. The summed E-state index contributed by atoms with van der Waals surface area (Å²) in [5, 5.41) is 6.71. The van der Waals surface area contributed by atoms with Crippen molar-refractivity contribution in [1.29, 1.82) is 0 Å². The van der Waals surface area contributed by atoms with Crippen molar-refractivity contribution in [3.63, 3.8) is 0 Å². The minimum absolute atomic E-state index is 0.00297. The van der Waals surface area contributed by atoms with Crippen LogP contribution in [-0.4, -0.2) is 49.3 Å². The Morgan fingerprint density at radius 2 is 0.647 bits per heavy atom. The minimum atomic E-state index is -0.332. The quantitative estimate of drug-likeness (QED) is 0.0467. The molecule has 2 aliphatic heterocycles. The molecule has 2 saturated heterocycles. The van der Waals surface area contributed by atoms with Crippen LogP contribution in [0.1, 0.15) is 324 Å². The number of hydrogen-bond donors (Lipinski definition) is 2. The molecule has 2 rings (SSSR count). The molecule has 68 heavy (non-hydrogen) atoms. The zero-order valence-corrected chi connectivity index (χ0v) is 46.9. The summed E-state index contributed by atoms with van der Waals surface area (Å²) in [5.74, 6) is 2.85. The summed E-state index contributed by atoms with van der Waals surface area (Å²) in [6.07, 6.45) is 58.6. The minimum Gasteiger partial charge on any atom is -0.459 e. The van der Waals surface area contributed by atoms with Gasteiger partial charge < -0.3 is 20.1 Å². The highest BCUT2D eigenvalue weighted by Gasteiger charge is 2.37. The summed E-state index contributed by atoms with van der Waals surface area (Å²) in [5.41, 5.74) is -0.659. The normalized spacial score (nSPS) is 15.9. The number of esters is 2. The fraction of sp³-hybridized carbons (Fsp3) is 0.968. The first-order valence-electron chi connectivity index (χ1n) is 30.9. The van der Waals surface area contributed by atoms with Gasteiger partial charge in [0.15, 0.2) is 0 Å². The van der Waals surface area contributed by atoms with Crippen LogP contribution >= 0.6 is 0 Å². The summed E-state index contributed by atoms with van der Waals surface area (Å²) in [4.78, 5) is 24.9. The van der Waals surface area contributed by atoms with E-state index in [1.807, 2.05) is 0 Å². The van der Waals surface area contributed by atoms with E-state index in [0.717, 1.165) is 76.5 Å². The van der Waals surface area contributed by atoms with E-state index in [1.165, 1.54) is 231 Å². The van der Waals surface area contributed by atoms with Crippen molar-refractivity contribution >= 4 is 11.9 Å². The zero-order chi connectivity index (χ0) is 49.2. The van der Waals surface area contributed by atoms with Crippen LogP contribution in [0.5, 0.6) is 0 Å². The Labute approximate surface area is 425 Å². The van der Waals surface area contributed by atoms with Crippen LogP contribution in [0, 0.1) is 23.7 Å². The summed E-state index contributed by atoms with van der Waals surface area (Å²) in [6.45, 7) is 17.1. The van der Waals surface area contributed by atoms with Crippen LogP contribution in [0.15, 0.2) is 0 Å². The number of carbonyl (C=O) groups is 2. The van der Waals surface area contributed by atoms with Crippen LogP contribution in [0.2, 0.25) is 0 Å². The number of unbranched alkanes of at least 4 members (excludes halogenated alkanes) is 32. The molecule has 2 fully saturated rings. The molecule has 0 aromatic carbocycles. The average Bonchev–Trinajstić information content (AvgIpc) is 3.29. The summed E-state index contributed by atoms with van der Waals surface area (Å²) >= 11 is 0. The van der Waals surface area contributed by atoms with E-state index in [-0.39, 0.29) is 23.1 Å². The van der Waals surface area contributed by atoms with Gasteiger partial charge in [-0.1, -0.05) is 258 Å². The monoisotopic (exact) mass is 957 g/mol. The smallest absolute Gasteiger partial charge is 0.306 e. The van der Waals surface area contributed by atoms with E-state index in [0.29, 0.717) is 24.7 Å². The Hall–Kier alpha value is -1.14. The van der Waals surface area contributed by atoms with E-state index >= 15 is 0 Å². The summed E-state index contributed by atoms with van der Waals surface area (Å²) < 4.78 is 11.8. The molecule has 0 aliphatic carbocycles. The molecule has 2 atom stereocenters. The van der Waals surface area contributed by atoms with Crippen LogP contribution in [0.25, 0.3) is 0 Å². The number of piperidine rings is 1. The number of nitrogens with one attached hydrogen (secondary N) is 2. The van der Waals surface area contributed by atoms with E-state index in [2.05, 4.69) is 52.2 Å². The number of rotatable bonds is 49. The van der Waals surface area contributed by atoms with Gasteiger partial charge in [0.05, 0.1) is 0 Å². The molecule has 2 N–H and O–H groups in total. The first-order valence-corrected chi connectivity index (χ1v) is 30.9. The van der Waals surface area contributed by atoms with Gasteiger partial charge in [0.1, 0.15) is 11.2 Å². The van der Waals surface area contributed by atoms with Gasteiger partial charge in [-0.15, -0.1) is 0 Å². The maximum Gasteiger partial charge on any atom is 0.306 e. The van der Waals surface area contributed by atoms with E-state index in [9.17, 15) is 9.59 Å². The highest BCUT2D eigenvalue weighted by Crippen LogP contribution is 2.34. The van der Waals surface area contributed by atoms with Crippen molar-refractivity contribution in [3.05, 3.63) is 0 Å². The molecule has 6 heteroatoms. The second-order valence-corrected chi connectivity index (χ2v) is 23.7. The molecule has 0 bridgehead atoms. The van der Waals surface area contributed by atoms with E-state index in [1.54, 1.807) is 0 Å². The molecule has 402 valence electrons.